The molecule has 2 amide bonds. The van der Waals surface area contributed by atoms with Crippen molar-refractivity contribution in [2.45, 2.75) is 18.9 Å². The molecule has 1 atom stereocenters. The monoisotopic (exact) mass is 414 g/mol. The summed E-state index contributed by atoms with van der Waals surface area (Å²) in [4.78, 5) is 24.7. The van der Waals surface area contributed by atoms with Crippen molar-refractivity contribution < 1.29 is 19.1 Å². The van der Waals surface area contributed by atoms with E-state index in [0.29, 0.717) is 41.1 Å². The first-order chi connectivity index (χ1) is 14.0. The summed E-state index contributed by atoms with van der Waals surface area (Å²) in [5, 5.41) is 8.84. The highest BCUT2D eigenvalue weighted by Gasteiger charge is 2.35. The third kappa shape index (κ3) is 3.97. The van der Waals surface area contributed by atoms with Gasteiger partial charge in [-0.2, -0.15) is 5.10 Å². The van der Waals surface area contributed by atoms with Gasteiger partial charge in [0.15, 0.2) is 11.5 Å². The van der Waals surface area contributed by atoms with Crippen LogP contribution in [0.1, 0.15) is 12.8 Å². The smallest absolute Gasteiger partial charge is 0.272 e. The standard InChI is InChI=1S/C20H19ClN4O4/c21-13-9-17-18(29-8-4-7-28-17)11-14(13)23-20(27)15-10-16(19(22)26)25(24-15)12-5-2-1-3-6-12/h1-3,5-6,9,11,16H,4,7-8,10H2,(H2,22,26)(H,23,27). The van der Waals surface area contributed by atoms with Crippen LogP contribution in [0.5, 0.6) is 11.5 Å². The van der Waals surface area contributed by atoms with Crippen molar-refractivity contribution in [1.82, 2.24) is 0 Å². The molecule has 0 saturated carbocycles. The predicted octanol–water partition coefficient (Wildman–Crippen LogP) is 2.56. The maximum Gasteiger partial charge on any atom is 0.272 e. The van der Waals surface area contributed by atoms with Crippen molar-refractivity contribution in [1.29, 1.82) is 0 Å². The predicted molar refractivity (Wildman–Crippen MR) is 110 cm³/mol. The van der Waals surface area contributed by atoms with Crippen LogP contribution in [0.3, 0.4) is 0 Å². The summed E-state index contributed by atoms with van der Waals surface area (Å²) < 4.78 is 11.2. The molecule has 2 aromatic carbocycles. The van der Waals surface area contributed by atoms with Gasteiger partial charge in [-0.3, -0.25) is 14.6 Å². The van der Waals surface area contributed by atoms with Gasteiger partial charge in [-0.05, 0) is 12.1 Å². The second-order valence-electron chi connectivity index (χ2n) is 6.63. The molecule has 0 saturated heterocycles. The lowest BCUT2D eigenvalue weighted by Gasteiger charge is -2.20. The first-order valence-corrected chi connectivity index (χ1v) is 9.52. The van der Waals surface area contributed by atoms with Gasteiger partial charge >= 0.3 is 0 Å². The number of hydrogen-bond donors (Lipinski definition) is 2. The Morgan fingerprint density at radius 3 is 2.52 bits per heavy atom. The Morgan fingerprint density at radius 1 is 1.14 bits per heavy atom. The number of nitrogens with zero attached hydrogens (tertiary/aromatic N) is 2. The fourth-order valence-corrected chi connectivity index (χ4v) is 3.36. The van der Waals surface area contributed by atoms with Gasteiger partial charge in [0, 0.05) is 25.0 Å². The molecule has 2 aliphatic heterocycles. The van der Waals surface area contributed by atoms with E-state index >= 15 is 0 Å². The lowest BCUT2D eigenvalue weighted by atomic mass is 10.1. The number of carbonyl (C=O) groups excluding carboxylic acids is 2. The van der Waals surface area contributed by atoms with Crippen LogP contribution >= 0.6 is 11.6 Å². The Labute approximate surface area is 172 Å². The molecule has 0 aromatic heterocycles. The molecule has 4 rings (SSSR count). The van der Waals surface area contributed by atoms with Gasteiger partial charge in [0.2, 0.25) is 5.91 Å². The number of primary amides is 1. The molecule has 9 heteroatoms. The third-order valence-electron chi connectivity index (χ3n) is 4.61. The highest BCUT2D eigenvalue weighted by molar-refractivity contribution is 6.45. The minimum Gasteiger partial charge on any atom is -0.490 e. The molecule has 3 N–H and O–H groups in total. The van der Waals surface area contributed by atoms with E-state index < -0.39 is 17.9 Å². The molecule has 0 fully saturated rings. The molecular weight excluding hydrogens is 396 g/mol. The molecule has 29 heavy (non-hydrogen) atoms. The Kier molecular flexibility index (Phi) is 5.26. The summed E-state index contributed by atoms with van der Waals surface area (Å²) in [7, 11) is 0. The quantitative estimate of drug-likeness (QED) is 0.799. The van der Waals surface area contributed by atoms with Gasteiger partial charge in [-0.25, -0.2) is 0 Å². The number of anilines is 2. The number of amides is 2. The molecular formula is C20H19ClN4O4. The summed E-state index contributed by atoms with van der Waals surface area (Å²) in [5.74, 6) is 0.0179. The van der Waals surface area contributed by atoms with Crippen LogP contribution in [-0.4, -0.2) is 36.8 Å². The first-order valence-electron chi connectivity index (χ1n) is 9.14. The van der Waals surface area contributed by atoms with Crippen LogP contribution < -0.4 is 25.5 Å². The number of hydrazone groups is 1. The highest BCUT2D eigenvalue weighted by atomic mass is 35.5. The van der Waals surface area contributed by atoms with Gasteiger partial charge in [-0.15, -0.1) is 0 Å². The lowest BCUT2D eigenvalue weighted by Crippen LogP contribution is -2.39. The number of halogens is 1. The van der Waals surface area contributed by atoms with Crippen LogP contribution in [0.4, 0.5) is 11.4 Å². The summed E-state index contributed by atoms with van der Waals surface area (Å²) in [6, 6.07) is 11.6. The largest absolute Gasteiger partial charge is 0.490 e. The van der Waals surface area contributed by atoms with Crippen LogP contribution in [0.25, 0.3) is 0 Å². The fourth-order valence-electron chi connectivity index (χ4n) is 3.16. The molecule has 2 aromatic rings. The maximum absolute atomic E-state index is 12.8. The Morgan fingerprint density at radius 2 is 1.83 bits per heavy atom. The number of carbonyl (C=O) groups is 2. The normalized spacial score (nSPS) is 18.0. The Hall–Kier alpha value is -3.26. The average molecular weight is 415 g/mol. The second kappa shape index (κ2) is 8.00. The molecule has 0 spiro atoms. The SMILES string of the molecule is NC(=O)C1CC(C(=O)Nc2cc3c(cc2Cl)OCCCO3)=NN1c1ccccc1. The molecule has 2 heterocycles. The molecule has 0 radical (unpaired) electrons. The summed E-state index contributed by atoms with van der Waals surface area (Å²) >= 11 is 6.29. The lowest BCUT2D eigenvalue weighted by molar-refractivity contribution is -0.119. The van der Waals surface area contributed by atoms with Crippen molar-refractivity contribution in [2.24, 2.45) is 10.8 Å². The zero-order valence-corrected chi connectivity index (χ0v) is 16.2. The molecule has 1 unspecified atom stereocenters. The second-order valence-corrected chi connectivity index (χ2v) is 7.04. The number of hydrogen-bond acceptors (Lipinski definition) is 6. The van der Waals surface area contributed by atoms with E-state index in [2.05, 4.69) is 10.4 Å². The van der Waals surface area contributed by atoms with E-state index in [-0.39, 0.29) is 12.1 Å². The van der Waals surface area contributed by atoms with E-state index in [4.69, 9.17) is 26.8 Å². The van der Waals surface area contributed by atoms with E-state index in [1.54, 1.807) is 24.3 Å². The van der Waals surface area contributed by atoms with Gasteiger partial charge in [0.25, 0.3) is 5.91 Å². The topological polar surface area (TPSA) is 106 Å². The number of benzene rings is 2. The van der Waals surface area contributed by atoms with Crippen molar-refractivity contribution in [3.8, 4) is 11.5 Å². The number of nitrogens with one attached hydrogen (secondary N) is 1. The van der Waals surface area contributed by atoms with Crippen LogP contribution in [0.15, 0.2) is 47.6 Å². The van der Waals surface area contributed by atoms with Gasteiger partial charge in [0.05, 0.1) is 29.6 Å². The zero-order valence-electron chi connectivity index (χ0n) is 15.4. The van der Waals surface area contributed by atoms with E-state index in [1.165, 1.54) is 5.01 Å². The zero-order chi connectivity index (χ0) is 20.4. The number of fused-ring (bicyclic) bond motifs is 1. The van der Waals surface area contributed by atoms with Gasteiger partial charge < -0.3 is 20.5 Å². The van der Waals surface area contributed by atoms with E-state index in [1.807, 2.05) is 18.2 Å². The van der Waals surface area contributed by atoms with Crippen LogP contribution in [0.2, 0.25) is 5.02 Å². The summed E-state index contributed by atoms with van der Waals surface area (Å²) in [6.45, 7) is 1.05. The molecule has 0 aliphatic carbocycles. The van der Waals surface area contributed by atoms with Crippen molar-refractivity contribution >= 4 is 40.5 Å². The number of para-hydroxylation sites is 1. The van der Waals surface area contributed by atoms with Crippen LogP contribution in [0, 0.1) is 0 Å². The van der Waals surface area contributed by atoms with E-state index in [0.717, 1.165) is 6.42 Å². The molecule has 150 valence electrons. The van der Waals surface area contributed by atoms with Crippen molar-refractivity contribution in [2.75, 3.05) is 23.5 Å². The van der Waals surface area contributed by atoms with Crippen molar-refractivity contribution in [3.05, 3.63) is 47.5 Å². The number of ether oxygens (including phenoxy) is 2. The van der Waals surface area contributed by atoms with Crippen LogP contribution in [-0.2, 0) is 9.59 Å². The number of nitrogens with two attached hydrogens (primary N) is 1. The average Bonchev–Trinajstić information content (AvgIpc) is 3.05. The van der Waals surface area contributed by atoms with Gasteiger partial charge in [-0.1, -0.05) is 29.8 Å². The first kappa shape index (κ1) is 19.1. The highest BCUT2D eigenvalue weighted by Crippen LogP contribution is 2.38. The molecule has 2 aliphatic rings. The number of rotatable bonds is 4. The minimum absolute atomic E-state index is 0.0955. The Balaban J connectivity index is 1.57. The Bertz CT molecular complexity index is 980. The fraction of sp³-hybridized carbons (Fsp3) is 0.250. The molecule has 0 bridgehead atoms. The minimum atomic E-state index is -0.739. The van der Waals surface area contributed by atoms with E-state index in [9.17, 15) is 9.59 Å². The maximum atomic E-state index is 12.8. The van der Waals surface area contributed by atoms with Gasteiger partial charge in [0.1, 0.15) is 11.8 Å². The summed E-state index contributed by atoms with van der Waals surface area (Å²) in [5.41, 5.74) is 6.75. The summed E-state index contributed by atoms with van der Waals surface area (Å²) in [6.07, 6.45) is 0.854. The van der Waals surface area contributed by atoms with Crippen molar-refractivity contribution in [3.63, 3.8) is 0 Å². The third-order valence-corrected chi connectivity index (χ3v) is 4.92. The molecule has 8 nitrogen and oxygen atoms in total.